The molecular weight excluding hydrogens is 200 g/mol. The number of halogens is 1. The van der Waals surface area contributed by atoms with Crippen molar-refractivity contribution in [3.05, 3.63) is 11.6 Å². The zero-order chi connectivity index (χ0) is 8.84. The lowest BCUT2D eigenvalue weighted by Crippen LogP contribution is -2.32. The van der Waals surface area contributed by atoms with Crippen molar-refractivity contribution in [1.82, 2.24) is 20.1 Å². The summed E-state index contributed by atoms with van der Waals surface area (Å²) >= 11 is 0. The maximum absolute atomic E-state index is 4.28. The molecule has 14 heavy (non-hydrogen) atoms. The lowest BCUT2D eigenvalue weighted by molar-refractivity contribution is 0.411. The van der Waals surface area contributed by atoms with Crippen LogP contribution in [0.1, 0.15) is 43.4 Å². The van der Waals surface area contributed by atoms with Crippen LogP contribution < -0.4 is 5.32 Å². The molecule has 1 atom stereocenters. The van der Waals surface area contributed by atoms with Gasteiger partial charge in [-0.05, 0) is 19.8 Å². The molecule has 0 spiro atoms. The number of hydrogen-bond acceptors (Lipinski definition) is 3. The van der Waals surface area contributed by atoms with Crippen LogP contribution in [0.15, 0.2) is 0 Å². The van der Waals surface area contributed by atoms with Gasteiger partial charge in [0.05, 0.1) is 6.54 Å². The fraction of sp³-hybridized carbons (Fsp3) is 0.778. The Morgan fingerprint density at radius 1 is 1.36 bits per heavy atom. The molecule has 5 heteroatoms. The Balaban J connectivity index is 0.000000750. The van der Waals surface area contributed by atoms with Gasteiger partial charge in [0.25, 0.3) is 0 Å². The second-order valence-corrected chi connectivity index (χ2v) is 4.10. The Morgan fingerprint density at radius 3 is 2.86 bits per heavy atom. The maximum Gasteiger partial charge on any atom is 0.147 e. The second kappa shape index (κ2) is 3.51. The van der Waals surface area contributed by atoms with E-state index in [4.69, 9.17) is 0 Å². The van der Waals surface area contributed by atoms with E-state index in [9.17, 15) is 0 Å². The summed E-state index contributed by atoms with van der Waals surface area (Å²) in [5, 5.41) is 11.8. The van der Waals surface area contributed by atoms with E-state index in [2.05, 4.69) is 27.0 Å². The van der Waals surface area contributed by atoms with Gasteiger partial charge in [-0.3, -0.25) is 0 Å². The first-order valence-electron chi connectivity index (χ1n) is 5.00. The van der Waals surface area contributed by atoms with E-state index in [0.717, 1.165) is 18.9 Å². The van der Waals surface area contributed by atoms with Gasteiger partial charge in [-0.25, -0.2) is 0 Å². The summed E-state index contributed by atoms with van der Waals surface area (Å²) < 4.78 is 2.33. The summed E-state index contributed by atoms with van der Waals surface area (Å²) in [5.74, 6) is 3.05. The molecule has 78 valence electrons. The third-order valence-electron chi connectivity index (χ3n) is 2.90. The van der Waals surface area contributed by atoms with Gasteiger partial charge >= 0.3 is 0 Å². The van der Waals surface area contributed by atoms with Crippen molar-refractivity contribution in [2.75, 3.05) is 6.54 Å². The van der Waals surface area contributed by atoms with Crippen molar-refractivity contribution in [1.29, 1.82) is 0 Å². The Morgan fingerprint density at radius 2 is 2.14 bits per heavy atom. The molecule has 1 N–H and O–H groups in total. The molecule has 2 aliphatic rings. The summed E-state index contributed by atoms with van der Waals surface area (Å²) in [4.78, 5) is 0. The first-order valence-corrected chi connectivity index (χ1v) is 5.00. The van der Waals surface area contributed by atoms with Gasteiger partial charge in [0.2, 0.25) is 0 Å². The number of hydrogen-bond donors (Lipinski definition) is 1. The van der Waals surface area contributed by atoms with Crippen molar-refractivity contribution in [2.24, 2.45) is 0 Å². The highest BCUT2D eigenvalue weighted by molar-refractivity contribution is 5.85. The maximum atomic E-state index is 4.28. The summed E-state index contributed by atoms with van der Waals surface area (Å²) in [6, 6.07) is 0.523. The van der Waals surface area contributed by atoms with Crippen LogP contribution in [0, 0.1) is 0 Å². The predicted octanol–water partition coefficient (Wildman–Crippen LogP) is 1.24. The Kier molecular flexibility index (Phi) is 2.49. The largest absolute Gasteiger partial charge is 0.310 e. The van der Waals surface area contributed by atoms with E-state index >= 15 is 0 Å². The van der Waals surface area contributed by atoms with Gasteiger partial charge in [-0.15, -0.1) is 22.6 Å². The molecule has 0 radical (unpaired) electrons. The lowest BCUT2D eigenvalue weighted by Gasteiger charge is -2.23. The van der Waals surface area contributed by atoms with Crippen molar-refractivity contribution in [3.63, 3.8) is 0 Å². The number of nitrogens with one attached hydrogen (secondary N) is 1. The molecule has 0 unspecified atom stereocenters. The quantitative estimate of drug-likeness (QED) is 0.765. The molecule has 0 aromatic carbocycles. The molecule has 1 aliphatic carbocycles. The Hall–Kier alpha value is -0.610. The molecule has 1 aromatic rings. The zero-order valence-corrected chi connectivity index (χ0v) is 9.05. The van der Waals surface area contributed by atoms with Crippen LogP contribution in [0.5, 0.6) is 0 Å². The van der Waals surface area contributed by atoms with Gasteiger partial charge in [-0.2, -0.15) is 0 Å². The number of fused-ring (bicyclic) bond motifs is 1. The molecular formula is C9H15ClN4. The highest BCUT2D eigenvalue weighted by Crippen LogP contribution is 2.40. The summed E-state index contributed by atoms with van der Waals surface area (Å²) in [7, 11) is 0. The van der Waals surface area contributed by atoms with Crippen LogP contribution in [-0.4, -0.2) is 21.3 Å². The normalized spacial score (nSPS) is 25.4. The van der Waals surface area contributed by atoms with Crippen LogP contribution in [0.3, 0.4) is 0 Å². The van der Waals surface area contributed by atoms with Crippen LogP contribution in [-0.2, 0) is 6.54 Å². The molecule has 0 bridgehead atoms. The van der Waals surface area contributed by atoms with Gasteiger partial charge in [0.1, 0.15) is 11.6 Å². The average Bonchev–Trinajstić information content (AvgIpc) is 2.87. The van der Waals surface area contributed by atoms with Crippen LogP contribution in [0.4, 0.5) is 0 Å². The minimum absolute atomic E-state index is 0. The van der Waals surface area contributed by atoms with E-state index < -0.39 is 0 Å². The molecule has 0 saturated heterocycles. The van der Waals surface area contributed by atoms with Crippen molar-refractivity contribution in [2.45, 2.75) is 38.3 Å². The topological polar surface area (TPSA) is 42.7 Å². The van der Waals surface area contributed by atoms with Crippen molar-refractivity contribution < 1.29 is 0 Å². The van der Waals surface area contributed by atoms with E-state index in [1.54, 1.807) is 0 Å². The molecule has 3 rings (SSSR count). The Labute approximate surface area is 89.5 Å². The highest BCUT2D eigenvalue weighted by atomic mass is 35.5. The fourth-order valence-electron chi connectivity index (χ4n) is 2.04. The first-order chi connectivity index (χ1) is 6.36. The van der Waals surface area contributed by atoms with Crippen LogP contribution >= 0.6 is 12.4 Å². The standard InChI is InChI=1S/C9H14N4.ClH/c1-6-4-10-5-8-11-12-9(13(6)8)7-2-3-7;/h6-7,10H,2-5H2,1H3;1H/t6-;/m0./s1. The minimum atomic E-state index is 0. The van der Waals surface area contributed by atoms with Crippen LogP contribution in [0.2, 0.25) is 0 Å². The molecule has 1 aromatic heterocycles. The van der Waals surface area contributed by atoms with E-state index in [0.29, 0.717) is 12.0 Å². The van der Waals surface area contributed by atoms with E-state index in [-0.39, 0.29) is 12.4 Å². The molecule has 1 saturated carbocycles. The molecule has 1 aliphatic heterocycles. The smallest absolute Gasteiger partial charge is 0.147 e. The molecule has 0 amide bonds. The fourth-order valence-corrected chi connectivity index (χ4v) is 2.04. The Bertz CT molecular complexity index is 332. The van der Waals surface area contributed by atoms with Gasteiger partial charge in [0.15, 0.2) is 0 Å². The van der Waals surface area contributed by atoms with E-state index in [1.807, 2.05) is 0 Å². The zero-order valence-electron chi connectivity index (χ0n) is 8.23. The molecule has 4 nitrogen and oxygen atoms in total. The van der Waals surface area contributed by atoms with E-state index in [1.165, 1.54) is 18.7 Å². The second-order valence-electron chi connectivity index (χ2n) is 4.10. The van der Waals surface area contributed by atoms with Crippen molar-refractivity contribution >= 4 is 12.4 Å². The third-order valence-corrected chi connectivity index (χ3v) is 2.90. The highest BCUT2D eigenvalue weighted by Gasteiger charge is 2.32. The summed E-state index contributed by atoms with van der Waals surface area (Å²) in [5.41, 5.74) is 0. The summed E-state index contributed by atoms with van der Waals surface area (Å²) in [6.45, 7) is 4.15. The van der Waals surface area contributed by atoms with Gasteiger partial charge in [0, 0.05) is 18.5 Å². The molecule has 2 heterocycles. The first kappa shape index (κ1) is 9.93. The van der Waals surface area contributed by atoms with Gasteiger partial charge < -0.3 is 9.88 Å². The monoisotopic (exact) mass is 214 g/mol. The summed E-state index contributed by atoms with van der Waals surface area (Å²) in [6.07, 6.45) is 2.61. The number of aromatic nitrogens is 3. The van der Waals surface area contributed by atoms with Gasteiger partial charge in [-0.1, -0.05) is 0 Å². The lowest BCUT2D eigenvalue weighted by atomic mass is 10.2. The SMILES string of the molecule is C[C@H]1CNCc2nnc(C3CC3)n21.Cl. The third kappa shape index (κ3) is 1.42. The molecule has 1 fully saturated rings. The average molecular weight is 215 g/mol. The predicted molar refractivity (Wildman–Crippen MR) is 55.7 cm³/mol. The number of nitrogens with zero attached hydrogens (tertiary/aromatic N) is 3. The minimum Gasteiger partial charge on any atom is -0.310 e. The number of rotatable bonds is 1. The van der Waals surface area contributed by atoms with Crippen LogP contribution in [0.25, 0.3) is 0 Å². The van der Waals surface area contributed by atoms with Crippen molar-refractivity contribution in [3.8, 4) is 0 Å².